The van der Waals surface area contributed by atoms with Crippen LogP contribution in [-0.4, -0.2) is 44.0 Å². The lowest BCUT2D eigenvalue weighted by molar-refractivity contribution is -0.667. The number of halogens is 1. The molecule has 0 saturated carbocycles. The molecule has 13 heteroatoms. The van der Waals surface area contributed by atoms with Gasteiger partial charge in [0.1, 0.15) is 4.70 Å². The fourth-order valence-electron chi connectivity index (χ4n) is 5.13. The predicted octanol–water partition coefficient (Wildman–Crippen LogP) is 5.79. The summed E-state index contributed by atoms with van der Waals surface area (Å²) < 4.78 is 76.7. The average molecular weight is 662 g/mol. The van der Waals surface area contributed by atoms with Crippen molar-refractivity contribution < 1.29 is 35.2 Å². The van der Waals surface area contributed by atoms with Gasteiger partial charge in [-0.05, 0) is 60.6 Å². The zero-order chi connectivity index (χ0) is 30.8. The highest BCUT2D eigenvalue weighted by molar-refractivity contribution is 7.85. The van der Waals surface area contributed by atoms with Crippen molar-refractivity contribution in [2.45, 2.75) is 39.2 Å². The molecule has 1 aliphatic heterocycles. The molecule has 2 heterocycles. The molecule has 0 saturated heterocycles. The molecule has 5 rings (SSSR count). The SMILES string of the molecule is CCC(/C=C1\Oc2ccc(Cl)cc2N1CCCCS(=O)(=O)[O-])=C\c1sc2ccc3ccccc3c2[n+]1CCCS(=O)(=O)[O-]. The van der Waals surface area contributed by atoms with E-state index >= 15 is 0 Å². The molecule has 228 valence electrons. The number of anilines is 1. The van der Waals surface area contributed by atoms with E-state index in [-0.39, 0.29) is 12.8 Å². The van der Waals surface area contributed by atoms with Gasteiger partial charge in [0.25, 0.3) is 5.01 Å². The Morgan fingerprint density at radius 2 is 1.74 bits per heavy atom. The van der Waals surface area contributed by atoms with Crippen molar-refractivity contribution in [3.8, 4) is 5.75 Å². The van der Waals surface area contributed by atoms with Gasteiger partial charge in [-0.3, -0.25) is 0 Å². The molecule has 0 amide bonds. The van der Waals surface area contributed by atoms with Crippen LogP contribution in [-0.2, 0) is 26.8 Å². The number of nitrogens with zero attached hydrogens (tertiary/aromatic N) is 2. The molecule has 0 aliphatic carbocycles. The van der Waals surface area contributed by atoms with Gasteiger partial charge in [0, 0.05) is 41.6 Å². The number of hydrogen-bond acceptors (Lipinski definition) is 9. The van der Waals surface area contributed by atoms with Crippen LogP contribution in [0, 0.1) is 0 Å². The Morgan fingerprint density at radius 3 is 2.49 bits per heavy atom. The van der Waals surface area contributed by atoms with Crippen LogP contribution in [0.2, 0.25) is 5.02 Å². The van der Waals surface area contributed by atoms with E-state index < -0.39 is 31.7 Å². The molecule has 0 bridgehead atoms. The Labute approximate surface area is 260 Å². The molecule has 43 heavy (non-hydrogen) atoms. The Bertz CT molecular complexity index is 1950. The van der Waals surface area contributed by atoms with E-state index in [2.05, 4.69) is 16.7 Å². The highest BCUT2D eigenvalue weighted by atomic mass is 35.5. The summed E-state index contributed by atoms with van der Waals surface area (Å²) in [7, 11) is -8.65. The lowest BCUT2D eigenvalue weighted by Gasteiger charge is -2.19. The van der Waals surface area contributed by atoms with E-state index in [9.17, 15) is 25.9 Å². The monoisotopic (exact) mass is 661 g/mol. The van der Waals surface area contributed by atoms with Crippen LogP contribution in [0.25, 0.3) is 27.1 Å². The fourth-order valence-corrected chi connectivity index (χ4v) is 7.51. The molecule has 0 fully saturated rings. The van der Waals surface area contributed by atoms with Gasteiger partial charge >= 0.3 is 0 Å². The normalized spacial score (nSPS) is 15.0. The van der Waals surface area contributed by atoms with Gasteiger partial charge in [-0.25, -0.2) is 16.8 Å². The number of benzene rings is 3. The molecule has 0 radical (unpaired) electrons. The second kappa shape index (κ2) is 12.9. The first-order valence-corrected chi connectivity index (χ1v) is 18.2. The van der Waals surface area contributed by atoms with Gasteiger partial charge in [0.15, 0.2) is 12.3 Å². The summed E-state index contributed by atoms with van der Waals surface area (Å²) in [6, 6.07) is 17.4. The van der Waals surface area contributed by atoms with Crippen LogP contribution in [0.3, 0.4) is 0 Å². The van der Waals surface area contributed by atoms with Crippen LogP contribution < -0.4 is 14.2 Å². The van der Waals surface area contributed by atoms with E-state index in [1.807, 2.05) is 48.2 Å². The van der Waals surface area contributed by atoms with Gasteiger partial charge in [-0.1, -0.05) is 54.1 Å². The largest absolute Gasteiger partial charge is 0.748 e. The number of ether oxygens (including phenoxy) is 1. The molecule has 1 aliphatic rings. The topological polar surface area (TPSA) is 131 Å². The average Bonchev–Trinajstić information content (AvgIpc) is 3.46. The van der Waals surface area contributed by atoms with Crippen molar-refractivity contribution in [1.29, 1.82) is 0 Å². The molecule has 0 spiro atoms. The quantitative estimate of drug-likeness (QED) is 0.106. The summed E-state index contributed by atoms with van der Waals surface area (Å²) in [5, 5.41) is 3.52. The van der Waals surface area contributed by atoms with Crippen molar-refractivity contribution in [3.05, 3.63) is 82.2 Å². The van der Waals surface area contributed by atoms with Gasteiger partial charge in [-0.2, -0.15) is 4.57 Å². The molecule has 0 atom stereocenters. The number of thiazole rings is 1. The number of unbranched alkanes of at least 4 members (excludes halogenated alkanes) is 1. The van der Waals surface area contributed by atoms with Crippen molar-refractivity contribution in [1.82, 2.24) is 0 Å². The van der Waals surface area contributed by atoms with Crippen molar-refractivity contribution >= 4 is 75.9 Å². The van der Waals surface area contributed by atoms with Gasteiger partial charge < -0.3 is 18.7 Å². The summed E-state index contributed by atoms with van der Waals surface area (Å²) >= 11 is 7.85. The number of aromatic nitrogens is 1. The van der Waals surface area contributed by atoms with Crippen LogP contribution >= 0.6 is 22.9 Å². The van der Waals surface area contributed by atoms with E-state index in [4.69, 9.17) is 16.3 Å². The van der Waals surface area contributed by atoms with E-state index in [0.717, 1.165) is 37.3 Å². The van der Waals surface area contributed by atoms with Crippen LogP contribution in [0.4, 0.5) is 5.69 Å². The van der Waals surface area contributed by atoms with Crippen LogP contribution in [0.15, 0.2) is 72.1 Å². The second-order valence-electron chi connectivity index (χ2n) is 10.2. The third-order valence-corrected chi connectivity index (χ3v) is 10.0. The molecule has 3 aromatic carbocycles. The Morgan fingerprint density at radius 1 is 1.00 bits per heavy atom. The number of hydrogen-bond donors (Lipinski definition) is 0. The maximum atomic E-state index is 11.4. The summed E-state index contributed by atoms with van der Waals surface area (Å²) in [5.74, 6) is 0.278. The first kappa shape index (κ1) is 31.4. The predicted molar refractivity (Wildman–Crippen MR) is 168 cm³/mol. The molecule has 0 unspecified atom stereocenters. The van der Waals surface area contributed by atoms with Crippen LogP contribution in [0.5, 0.6) is 5.75 Å². The maximum absolute atomic E-state index is 11.4. The molecule has 4 aromatic rings. The number of aryl methyl sites for hydroxylation is 1. The number of rotatable bonds is 12. The highest BCUT2D eigenvalue weighted by Gasteiger charge is 2.27. The zero-order valence-corrected chi connectivity index (χ0v) is 26.6. The summed E-state index contributed by atoms with van der Waals surface area (Å²) in [5.41, 5.74) is 2.67. The van der Waals surface area contributed by atoms with Gasteiger partial charge in [0.05, 0.1) is 31.3 Å². The minimum Gasteiger partial charge on any atom is -0.748 e. The standard InChI is InChI=1S/C30H31ClN2O7S3/c1-2-21(18-28-32(14-5-6-16-42(34,35)36)25-20-23(31)11-12-26(25)40-28)19-29-33(15-7-17-43(37,38)39)30-24-9-4-3-8-22(24)10-13-27(30)41-29/h3-4,8-13,18-20H,2,5-7,14-17H2,1H3,(H-,34,35,36,37,38,39)/p-1. The third-order valence-electron chi connectivity index (χ3n) is 7.13. The van der Waals surface area contributed by atoms with Crippen molar-refractivity contribution in [2.75, 3.05) is 23.0 Å². The third kappa shape index (κ3) is 7.75. The first-order valence-electron chi connectivity index (χ1n) is 13.8. The second-order valence-corrected chi connectivity index (χ2v) is 14.8. The van der Waals surface area contributed by atoms with Crippen molar-refractivity contribution in [2.24, 2.45) is 0 Å². The van der Waals surface area contributed by atoms with E-state index in [0.29, 0.717) is 42.6 Å². The summed E-state index contributed by atoms with van der Waals surface area (Å²) in [4.78, 5) is 1.92. The lowest BCUT2D eigenvalue weighted by atomic mass is 10.1. The molecule has 0 N–H and O–H groups in total. The van der Waals surface area contributed by atoms with Gasteiger partial charge in [-0.15, -0.1) is 0 Å². The van der Waals surface area contributed by atoms with Crippen LogP contribution in [0.1, 0.15) is 37.6 Å². The minimum atomic E-state index is -4.35. The smallest absolute Gasteiger partial charge is 0.263 e. The zero-order valence-electron chi connectivity index (χ0n) is 23.4. The first-order chi connectivity index (χ1) is 20.4. The minimum absolute atomic E-state index is 0.182. The molecular weight excluding hydrogens is 632 g/mol. The molecular formula is C30H30ClN2O7S3-. The molecule has 1 aromatic heterocycles. The Hall–Kier alpha value is -3.00. The highest BCUT2D eigenvalue weighted by Crippen LogP contribution is 2.41. The van der Waals surface area contributed by atoms with E-state index in [1.54, 1.807) is 29.5 Å². The fraction of sp³-hybridized carbons (Fsp3) is 0.300. The Balaban J connectivity index is 1.53. The lowest BCUT2D eigenvalue weighted by Crippen LogP contribution is -2.36. The molecule has 9 nitrogen and oxygen atoms in total. The van der Waals surface area contributed by atoms with E-state index in [1.165, 1.54) is 0 Å². The van der Waals surface area contributed by atoms with Gasteiger partial charge in [0.2, 0.25) is 11.4 Å². The number of allylic oxidation sites excluding steroid dienone is 2. The maximum Gasteiger partial charge on any atom is 0.263 e. The Kier molecular flexibility index (Phi) is 9.45. The number of fused-ring (bicyclic) bond motifs is 4. The van der Waals surface area contributed by atoms with Crippen molar-refractivity contribution in [3.63, 3.8) is 0 Å². The summed E-state index contributed by atoms with van der Waals surface area (Å²) in [6.45, 7) is 2.79. The summed E-state index contributed by atoms with van der Waals surface area (Å²) in [6.07, 6.45) is 5.46.